The van der Waals surface area contributed by atoms with Gasteiger partial charge in [0, 0.05) is 12.3 Å². The summed E-state index contributed by atoms with van der Waals surface area (Å²) in [6.45, 7) is 8.00. The van der Waals surface area contributed by atoms with Crippen molar-refractivity contribution in [3.05, 3.63) is 0 Å². The number of Topliss-reactive ketones (excluding diaryl/α,β-unsaturated/α-hetero) is 1. The Morgan fingerprint density at radius 3 is 2.33 bits per heavy atom. The lowest BCUT2D eigenvalue weighted by Gasteiger charge is -2.27. The van der Waals surface area contributed by atoms with Crippen molar-refractivity contribution in [1.82, 2.24) is 10.5 Å². The molecule has 2 N–H and O–H groups in total. The number of nitrogens with one attached hydrogen (secondary N) is 2. The van der Waals surface area contributed by atoms with Crippen LogP contribution in [-0.2, 0) is 9.59 Å². The molecule has 0 aromatic heterocycles. The van der Waals surface area contributed by atoms with Crippen molar-refractivity contribution >= 4 is 19.7 Å². The molecule has 0 spiro atoms. The van der Waals surface area contributed by atoms with Gasteiger partial charge in [0.2, 0.25) is 5.91 Å². The van der Waals surface area contributed by atoms with Gasteiger partial charge >= 0.3 is 0 Å². The van der Waals surface area contributed by atoms with Crippen LogP contribution >= 0.6 is 0 Å². The molecule has 4 nitrogen and oxygen atoms in total. The zero-order chi connectivity index (χ0) is 14.2. The molecule has 0 aromatic carbocycles. The summed E-state index contributed by atoms with van der Waals surface area (Å²) in [5.41, 5.74) is -0.390. The maximum absolute atomic E-state index is 12.3. The highest BCUT2D eigenvalue weighted by molar-refractivity contribution is 6.04. The van der Waals surface area contributed by atoms with E-state index in [4.69, 9.17) is 7.98 Å². The summed E-state index contributed by atoms with van der Waals surface area (Å²) in [5.74, 6) is -0.0434. The average molecular weight is 252 g/mol. The number of amides is 1. The molecule has 0 saturated carbocycles. The second-order valence-electron chi connectivity index (χ2n) is 5.30. The average Bonchev–Trinajstić information content (AvgIpc) is 2.31. The van der Waals surface area contributed by atoms with Crippen LogP contribution in [0.25, 0.3) is 0 Å². The van der Waals surface area contributed by atoms with Crippen LogP contribution in [-0.4, -0.2) is 32.3 Å². The monoisotopic (exact) mass is 252 g/mol. The first-order valence-corrected chi connectivity index (χ1v) is 6.60. The summed E-state index contributed by atoms with van der Waals surface area (Å²) in [6, 6.07) is -0.379. The SMILES string of the molecule is [B]NCCCC[C@H](NC(C)=O)C(=O)C(C)(C)CC. The largest absolute Gasteiger partial charge is 0.366 e. The lowest BCUT2D eigenvalue weighted by molar-refractivity contribution is -0.132. The van der Waals surface area contributed by atoms with Crippen LogP contribution in [0, 0.1) is 5.41 Å². The molecule has 1 atom stereocenters. The normalized spacial score (nSPS) is 13.1. The van der Waals surface area contributed by atoms with Gasteiger partial charge in [-0.05, 0) is 32.2 Å². The lowest BCUT2D eigenvalue weighted by atomic mass is 9.80. The predicted octanol–water partition coefficient (Wildman–Crippen LogP) is 1.34. The zero-order valence-corrected chi connectivity index (χ0v) is 12.0. The summed E-state index contributed by atoms with van der Waals surface area (Å²) in [7, 11) is 5.19. The summed E-state index contributed by atoms with van der Waals surface area (Å²) < 4.78 is 0. The van der Waals surface area contributed by atoms with Gasteiger partial charge in [0.05, 0.1) is 6.04 Å². The van der Waals surface area contributed by atoms with E-state index in [-0.39, 0.29) is 23.1 Å². The third-order valence-electron chi connectivity index (χ3n) is 3.31. The highest BCUT2D eigenvalue weighted by Crippen LogP contribution is 2.24. The molecule has 0 bridgehead atoms. The van der Waals surface area contributed by atoms with Crippen molar-refractivity contribution in [2.24, 2.45) is 5.41 Å². The molecular formula is C13H25BN2O2. The lowest BCUT2D eigenvalue weighted by Crippen LogP contribution is -2.45. The fourth-order valence-electron chi connectivity index (χ4n) is 1.74. The highest BCUT2D eigenvalue weighted by Gasteiger charge is 2.32. The number of rotatable bonds is 9. The molecule has 0 saturated heterocycles. The van der Waals surface area contributed by atoms with Gasteiger partial charge in [-0.3, -0.25) is 9.59 Å². The Balaban J connectivity index is 4.47. The van der Waals surface area contributed by atoms with Crippen molar-refractivity contribution < 1.29 is 9.59 Å². The Labute approximate surface area is 112 Å². The molecule has 102 valence electrons. The third-order valence-corrected chi connectivity index (χ3v) is 3.31. The first kappa shape index (κ1) is 17.2. The van der Waals surface area contributed by atoms with E-state index in [2.05, 4.69) is 10.5 Å². The number of hydrogen-bond donors (Lipinski definition) is 2. The molecule has 0 aromatic rings. The van der Waals surface area contributed by atoms with Crippen LogP contribution in [0.15, 0.2) is 0 Å². The molecule has 18 heavy (non-hydrogen) atoms. The summed E-state index contributed by atoms with van der Waals surface area (Å²) in [4.78, 5) is 23.5. The van der Waals surface area contributed by atoms with Gasteiger partial charge in [0.1, 0.15) is 0 Å². The zero-order valence-electron chi connectivity index (χ0n) is 12.0. The molecule has 0 aliphatic carbocycles. The van der Waals surface area contributed by atoms with E-state index >= 15 is 0 Å². The molecule has 0 rings (SSSR count). The summed E-state index contributed by atoms with van der Waals surface area (Å²) in [5, 5.41) is 5.34. The predicted molar refractivity (Wildman–Crippen MR) is 74.3 cm³/mol. The molecule has 0 fully saturated rings. The van der Waals surface area contributed by atoms with Gasteiger partial charge in [-0.1, -0.05) is 20.8 Å². The van der Waals surface area contributed by atoms with Crippen LogP contribution in [0.4, 0.5) is 0 Å². The maximum Gasteiger partial charge on any atom is 0.217 e. The minimum Gasteiger partial charge on any atom is -0.366 e. The van der Waals surface area contributed by atoms with Gasteiger partial charge in [0.25, 0.3) is 0 Å². The standard InChI is InChI=1S/C13H25BN2O2/c1-5-13(3,4)12(18)11(16-10(2)17)8-6-7-9-15-14/h11,15H,5-9H2,1-4H3,(H,16,17)/t11-/m0/s1. The van der Waals surface area contributed by atoms with Crippen LogP contribution < -0.4 is 10.5 Å². The first-order chi connectivity index (χ1) is 8.35. The molecule has 0 aliphatic heterocycles. The fraction of sp³-hybridized carbons (Fsp3) is 0.846. The minimum atomic E-state index is -0.390. The molecule has 2 radical (unpaired) electrons. The quantitative estimate of drug-likeness (QED) is 0.481. The molecule has 0 aliphatic rings. The fourth-order valence-corrected chi connectivity index (χ4v) is 1.74. The van der Waals surface area contributed by atoms with Gasteiger partial charge < -0.3 is 10.5 Å². The summed E-state index contributed by atoms with van der Waals surface area (Å²) >= 11 is 0. The molecule has 0 unspecified atom stereocenters. The van der Waals surface area contributed by atoms with Crippen molar-refractivity contribution in [1.29, 1.82) is 0 Å². The van der Waals surface area contributed by atoms with Gasteiger partial charge in [-0.15, -0.1) is 0 Å². The highest BCUT2D eigenvalue weighted by atomic mass is 16.2. The Morgan fingerprint density at radius 2 is 1.89 bits per heavy atom. The number of carbonyl (C=O) groups is 2. The van der Waals surface area contributed by atoms with E-state index < -0.39 is 0 Å². The molecule has 5 heteroatoms. The molecule has 1 amide bonds. The van der Waals surface area contributed by atoms with E-state index in [1.54, 1.807) is 0 Å². The third kappa shape index (κ3) is 6.19. The van der Waals surface area contributed by atoms with E-state index in [9.17, 15) is 9.59 Å². The number of hydrogen-bond acceptors (Lipinski definition) is 3. The Bertz CT molecular complexity index is 280. The smallest absolute Gasteiger partial charge is 0.217 e. The Morgan fingerprint density at radius 1 is 1.28 bits per heavy atom. The first-order valence-electron chi connectivity index (χ1n) is 6.60. The van der Waals surface area contributed by atoms with Crippen LogP contribution in [0.3, 0.4) is 0 Å². The molecule has 0 heterocycles. The van der Waals surface area contributed by atoms with Gasteiger partial charge in [-0.2, -0.15) is 0 Å². The van der Waals surface area contributed by atoms with E-state index in [0.717, 1.165) is 25.8 Å². The maximum atomic E-state index is 12.3. The number of unbranched alkanes of at least 4 members (excludes halogenated alkanes) is 1. The van der Waals surface area contributed by atoms with Gasteiger partial charge in [0.15, 0.2) is 13.8 Å². The second kappa shape index (κ2) is 8.30. The van der Waals surface area contributed by atoms with Crippen LogP contribution in [0.1, 0.15) is 53.4 Å². The number of ketones is 1. The Kier molecular flexibility index (Phi) is 7.91. The van der Waals surface area contributed by atoms with Gasteiger partial charge in [-0.25, -0.2) is 0 Å². The number of carbonyl (C=O) groups excluding carboxylic acids is 2. The second-order valence-corrected chi connectivity index (χ2v) is 5.30. The van der Waals surface area contributed by atoms with Crippen LogP contribution in [0.2, 0.25) is 0 Å². The van der Waals surface area contributed by atoms with E-state index in [0.29, 0.717) is 6.42 Å². The van der Waals surface area contributed by atoms with Crippen molar-refractivity contribution in [3.8, 4) is 0 Å². The van der Waals surface area contributed by atoms with Crippen molar-refractivity contribution in [2.75, 3.05) is 6.54 Å². The molecular weight excluding hydrogens is 227 g/mol. The Hall–Kier alpha value is -0.835. The van der Waals surface area contributed by atoms with E-state index in [1.807, 2.05) is 20.8 Å². The summed E-state index contributed by atoms with van der Waals surface area (Å²) in [6.07, 6.45) is 3.20. The van der Waals surface area contributed by atoms with Crippen molar-refractivity contribution in [3.63, 3.8) is 0 Å². The minimum absolute atomic E-state index is 0.112. The van der Waals surface area contributed by atoms with Crippen LogP contribution in [0.5, 0.6) is 0 Å². The van der Waals surface area contributed by atoms with Crippen molar-refractivity contribution in [2.45, 2.75) is 59.4 Å². The van der Waals surface area contributed by atoms with E-state index in [1.165, 1.54) is 6.92 Å². The topological polar surface area (TPSA) is 58.2 Å².